The number of hydrogen-bond acceptors (Lipinski definition) is 5. The molecule has 1 aliphatic heterocycles. The van der Waals surface area contributed by atoms with E-state index >= 15 is 0 Å². The minimum Gasteiger partial charge on any atom is -0.354 e. The maximum atomic E-state index is 12.3. The Balaban J connectivity index is 1.35. The lowest BCUT2D eigenvalue weighted by Crippen LogP contribution is -2.38. The Morgan fingerprint density at radius 3 is 2.80 bits per heavy atom. The van der Waals surface area contributed by atoms with Crippen LogP contribution in [0.5, 0.6) is 0 Å². The number of hydrogen-bond donors (Lipinski definition) is 1. The summed E-state index contributed by atoms with van der Waals surface area (Å²) < 4.78 is 1.28. The van der Waals surface area contributed by atoms with Crippen LogP contribution in [0.1, 0.15) is 12.8 Å². The fourth-order valence-corrected chi connectivity index (χ4v) is 4.98. The lowest BCUT2D eigenvalue weighted by atomic mass is 9.94. The van der Waals surface area contributed by atoms with Crippen LogP contribution < -0.4 is 15.8 Å². The van der Waals surface area contributed by atoms with Crippen molar-refractivity contribution in [3.63, 3.8) is 0 Å². The molecule has 0 aromatic carbocycles. The van der Waals surface area contributed by atoms with Crippen LogP contribution in [0.15, 0.2) is 29.1 Å². The highest BCUT2D eigenvalue weighted by Crippen LogP contribution is 2.42. The van der Waals surface area contributed by atoms with E-state index in [-0.39, 0.29) is 18.0 Å². The van der Waals surface area contributed by atoms with Crippen LogP contribution in [-0.2, 0) is 11.3 Å². The summed E-state index contributed by atoms with van der Waals surface area (Å²) in [4.78, 5) is 26.5. The summed E-state index contributed by atoms with van der Waals surface area (Å²) in [5.41, 5.74) is -0.229. The zero-order valence-corrected chi connectivity index (χ0v) is 15.1. The topological polar surface area (TPSA) is 67.2 Å². The Kier molecular flexibility index (Phi) is 4.83. The highest BCUT2D eigenvalue weighted by Gasteiger charge is 2.35. The molecule has 6 nitrogen and oxygen atoms in total. The summed E-state index contributed by atoms with van der Waals surface area (Å²) in [6.07, 6.45) is 6.99. The third-order valence-electron chi connectivity index (χ3n) is 5.46. The average Bonchev–Trinajstić information content (AvgIpc) is 3.26. The van der Waals surface area contributed by atoms with Crippen LogP contribution in [0.3, 0.4) is 0 Å². The highest BCUT2D eigenvalue weighted by molar-refractivity contribution is 7.99. The maximum Gasteiger partial charge on any atom is 0.267 e. The van der Waals surface area contributed by atoms with Crippen molar-refractivity contribution in [3.05, 3.63) is 34.6 Å². The fraction of sp³-hybridized carbons (Fsp3) is 0.611. The molecular formula is C18H24N4O2S. The SMILES string of the molecule is O=C(Cn1nc(N2CCSCC2)ccc1=O)NC[C@@H]1C[C@@H]2C=C[C@H]1C2. The van der Waals surface area contributed by atoms with Crippen molar-refractivity contribution in [2.75, 3.05) is 36.0 Å². The second-order valence-corrected chi connectivity index (χ2v) is 8.36. The van der Waals surface area contributed by atoms with Crippen LogP contribution >= 0.6 is 11.8 Å². The minimum absolute atomic E-state index is 0.00802. The standard InChI is InChI=1S/C18H24N4O2S/c23-17(19-11-15-10-13-1-2-14(15)9-13)12-22-18(24)4-3-16(20-22)21-5-7-25-8-6-21/h1-4,13-15H,5-12H2,(H,19,23)/t13-,14+,15+/m1/s1. The van der Waals surface area contributed by atoms with Crippen molar-refractivity contribution in [3.8, 4) is 0 Å². The quantitative estimate of drug-likeness (QED) is 0.797. The van der Waals surface area contributed by atoms with E-state index in [9.17, 15) is 9.59 Å². The predicted octanol–water partition coefficient (Wildman–Crippen LogP) is 1.12. The summed E-state index contributed by atoms with van der Waals surface area (Å²) in [6, 6.07) is 3.27. The zero-order chi connectivity index (χ0) is 17.2. The van der Waals surface area contributed by atoms with Crippen LogP contribution in [-0.4, -0.2) is 46.8 Å². The van der Waals surface area contributed by atoms with E-state index < -0.39 is 0 Å². The maximum absolute atomic E-state index is 12.3. The number of nitrogens with one attached hydrogen (secondary N) is 1. The molecule has 1 aromatic rings. The van der Waals surface area contributed by atoms with Gasteiger partial charge in [0, 0.05) is 37.2 Å². The summed E-state index contributed by atoms with van der Waals surface area (Å²) in [5, 5.41) is 7.40. The Morgan fingerprint density at radius 2 is 2.08 bits per heavy atom. The average molecular weight is 360 g/mol. The summed E-state index contributed by atoms with van der Waals surface area (Å²) in [7, 11) is 0. The van der Waals surface area contributed by atoms with Gasteiger partial charge in [0.1, 0.15) is 12.4 Å². The molecule has 1 saturated carbocycles. The van der Waals surface area contributed by atoms with E-state index in [1.807, 2.05) is 11.8 Å². The van der Waals surface area contributed by atoms with Crippen molar-refractivity contribution >= 4 is 23.5 Å². The second kappa shape index (κ2) is 7.23. The van der Waals surface area contributed by atoms with Crippen molar-refractivity contribution < 1.29 is 4.79 Å². The van der Waals surface area contributed by atoms with E-state index in [1.54, 1.807) is 6.07 Å². The molecule has 2 bridgehead atoms. The normalized spacial score (nSPS) is 27.7. The van der Waals surface area contributed by atoms with Crippen molar-refractivity contribution in [2.45, 2.75) is 19.4 Å². The van der Waals surface area contributed by atoms with Crippen LogP contribution in [0, 0.1) is 17.8 Å². The summed E-state index contributed by atoms with van der Waals surface area (Å²) in [5.74, 6) is 4.65. The third-order valence-corrected chi connectivity index (χ3v) is 6.40. The molecule has 2 aliphatic carbocycles. The molecule has 25 heavy (non-hydrogen) atoms. The van der Waals surface area contributed by atoms with E-state index in [1.165, 1.54) is 23.6 Å². The third kappa shape index (κ3) is 3.76. The monoisotopic (exact) mass is 360 g/mol. The van der Waals surface area contributed by atoms with Gasteiger partial charge >= 0.3 is 0 Å². The number of rotatable bonds is 5. The van der Waals surface area contributed by atoms with Gasteiger partial charge < -0.3 is 10.2 Å². The van der Waals surface area contributed by atoms with Gasteiger partial charge in [0.05, 0.1) is 0 Å². The summed E-state index contributed by atoms with van der Waals surface area (Å²) in [6.45, 7) is 2.55. The van der Waals surface area contributed by atoms with E-state index in [4.69, 9.17) is 0 Å². The molecule has 1 aromatic heterocycles. The molecule has 2 heterocycles. The predicted molar refractivity (Wildman–Crippen MR) is 99.9 cm³/mol. The number of thioether (sulfide) groups is 1. The smallest absolute Gasteiger partial charge is 0.267 e. The number of carbonyl (C=O) groups excluding carboxylic acids is 1. The van der Waals surface area contributed by atoms with E-state index in [0.717, 1.165) is 30.4 Å². The first-order chi connectivity index (χ1) is 12.2. The molecule has 0 unspecified atom stereocenters. The largest absolute Gasteiger partial charge is 0.354 e. The first kappa shape index (κ1) is 16.7. The van der Waals surface area contributed by atoms with Gasteiger partial charge in [0.2, 0.25) is 5.91 Å². The Hall–Kier alpha value is -1.76. The molecule has 0 spiro atoms. The summed E-state index contributed by atoms with van der Waals surface area (Å²) >= 11 is 1.93. The zero-order valence-electron chi connectivity index (χ0n) is 14.3. The first-order valence-corrected chi connectivity index (χ1v) is 10.2. The van der Waals surface area contributed by atoms with E-state index in [0.29, 0.717) is 24.3 Å². The van der Waals surface area contributed by atoms with Crippen LogP contribution in [0.4, 0.5) is 5.82 Å². The molecule has 1 N–H and O–H groups in total. The van der Waals surface area contributed by atoms with Crippen molar-refractivity contribution in [1.29, 1.82) is 0 Å². The van der Waals surface area contributed by atoms with Gasteiger partial charge in [-0.3, -0.25) is 9.59 Å². The molecule has 1 amide bonds. The number of amides is 1. The molecule has 3 aliphatic rings. The fourth-order valence-electron chi connectivity index (χ4n) is 4.08. The number of nitrogens with zero attached hydrogens (tertiary/aromatic N) is 3. The first-order valence-electron chi connectivity index (χ1n) is 9.05. The molecular weight excluding hydrogens is 336 g/mol. The van der Waals surface area contributed by atoms with Crippen molar-refractivity contribution in [2.24, 2.45) is 17.8 Å². The Morgan fingerprint density at radius 1 is 1.24 bits per heavy atom. The number of allylic oxidation sites excluding steroid dienone is 2. The highest BCUT2D eigenvalue weighted by atomic mass is 32.2. The van der Waals surface area contributed by atoms with Crippen LogP contribution in [0.25, 0.3) is 0 Å². The van der Waals surface area contributed by atoms with Gasteiger partial charge in [-0.1, -0.05) is 12.2 Å². The van der Waals surface area contributed by atoms with Crippen molar-refractivity contribution in [1.82, 2.24) is 15.1 Å². The minimum atomic E-state index is -0.229. The molecule has 7 heteroatoms. The number of anilines is 1. The van der Waals surface area contributed by atoms with E-state index in [2.05, 4.69) is 27.5 Å². The van der Waals surface area contributed by atoms with Gasteiger partial charge in [0.25, 0.3) is 5.56 Å². The molecule has 4 rings (SSSR count). The van der Waals surface area contributed by atoms with Crippen LogP contribution in [0.2, 0.25) is 0 Å². The molecule has 134 valence electrons. The lowest BCUT2D eigenvalue weighted by Gasteiger charge is -2.27. The molecule has 3 atom stereocenters. The number of carbonyl (C=O) groups is 1. The Labute approximate surface area is 151 Å². The number of fused-ring (bicyclic) bond motifs is 2. The molecule has 2 fully saturated rings. The van der Waals surface area contributed by atoms with Gasteiger partial charge in [-0.25, -0.2) is 4.68 Å². The number of aromatic nitrogens is 2. The lowest BCUT2D eigenvalue weighted by molar-refractivity contribution is -0.122. The van der Waals surface area contributed by atoms with Gasteiger partial charge in [-0.2, -0.15) is 16.9 Å². The second-order valence-electron chi connectivity index (χ2n) is 7.13. The molecule has 0 radical (unpaired) electrons. The Bertz CT molecular complexity index is 726. The van der Waals surface area contributed by atoms with Gasteiger partial charge in [-0.05, 0) is 36.7 Å². The van der Waals surface area contributed by atoms with Gasteiger partial charge in [-0.15, -0.1) is 0 Å². The molecule has 1 saturated heterocycles. The van der Waals surface area contributed by atoms with Gasteiger partial charge in [0.15, 0.2) is 0 Å².